The normalized spacial score (nSPS) is 10.8. The van der Waals surface area contributed by atoms with Crippen LogP contribution in [0.15, 0.2) is 48.7 Å². The van der Waals surface area contributed by atoms with Crippen LogP contribution in [0.3, 0.4) is 0 Å². The van der Waals surface area contributed by atoms with E-state index in [2.05, 4.69) is 5.10 Å². The van der Waals surface area contributed by atoms with E-state index in [0.717, 1.165) is 4.88 Å². The lowest BCUT2D eigenvalue weighted by molar-refractivity contribution is 0.0748. The number of rotatable bonds is 5. The molecule has 0 aliphatic heterocycles. The lowest BCUT2D eigenvalue weighted by atomic mass is 10.3. The van der Waals surface area contributed by atoms with Gasteiger partial charge in [0.05, 0.1) is 16.6 Å². The second-order valence-corrected chi connectivity index (χ2v) is 6.95. The number of aromatic nitrogens is 2. The summed E-state index contributed by atoms with van der Waals surface area (Å²) in [5, 5.41) is 4.27. The molecule has 4 nitrogen and oxygen atoms in total. The number of thiophene rings is 1. The lowest BCUT2D eigenvalue weighted by Crippen LogP contribution is -2.30. The third kappa shape index (κ3) is 3.66. The van der Waals surface area contributed by atoms with Gasteiger partial charge in [0.15, 0.2) is 5.69 Å². The minimum absolute atomic E-state index is 0.169. The quantitative estimate of drug-likeness (QED) is 0.674. The second kappa shape index (κ2) is 7.15. The van der Waals surface area contributed by atoms with Gasteiger partial charge in [-0.1, -0.05) is 17.7 Å². The Kier molecular flexibility index (Phi) is 4.97. The van der Waals surface area contributed by atoms with Crippen molar-refractivity contribution in [2.24, 2.45) is 0 Å². The number of carbonyl (C=O) groups excluding carboxylic acids is 1. The van der Waals surface area contributed by atoms with Gasteiger partial charge >= 0.3 is 0 Å². The number of amides is 1. The summed E-state index contributed by atoms with van der Waals surface area (Å²) in [5.41, 5.74) is 0.894. The zero-order valence-electron chi connectivity index (χ0n) is 12.9. The van der Waals surface area contributed by atoms with E-state index in [4.69, 9.17) is 11.6 Å². The van der Waals surface area contributed by atoms with Gasteiger partial charge in [-0.2, -0.15) is 5.10 Å². The molecule has 0 bridgehead atoms. The van der Waals surface area contributed by atoms with Gasteiger partial charge in [-0.25, -0.2) is 9.07 Å². The topological polar surface area (TPSA) is 38.1 Å². The monoisotopic (exact) mass is 363 g/mol. The maximum absolute atomic E-state index is 13.3. The summed E-state index contributed by atoms with van der Waals surface area (Å²) >= 11 is 7.39. The Morgan fingerprint density at radius 1 is 1.33 bits per heavy atom. The molecule has 0 aliphatic carbocycles. The van der Waals surface area contributed by atoms with E-state index >= 15 is 0 Å². The molecule has 0 N–H and O–H groups in total. The van der Waals surface area contributed by atoms with Gasteiger partial charge in [0.2, 0.25) is 0 Å². The smallest absolute Gasteiger partial charge is 0.274 e. The number of hydrogen-bond donors (Lipinski definition) is 0. The van der Waals surface area contributed by atoms with E-state index in [1.165, 1.54) is 28.2 Å². The molecule has 0 spiro atoms. The van der Waals surface area contributed by atoms with E-state index in [9.17, 15) is 9.18 Å². The molecule has 0 saturated carbocycles. The average Bonchev–Trinajstić information content (AvgIpc) is 3.21. The molecule has 0 atom stereocenters. The first kappa shape index (κ1) is 16.7. The number of hydrogen-bond acceptors (Lipinski definition) is 3. The average molecular weight is 364 g/mol. The molecular formula is C17H15ClFN3OS. The van der Waals surface area contributed by atoms with Crippen molar-refractivity contribution < 1.29 is 9.18 Å². The molecule has 0 aliphatic rings. The standard InChI is InChI=1S/C17H15ClFN3OS/c1-2-21(11-14-6-7-16(18)24-14)17(23)15-8-9-22(20-15)13-5-3-4-12(19)10-13/h3-10H,2,11H2,1H3. The molecular weight excluding hydrogens is 349 g/mol. The first-order valence-corrected chi connectivity index (χ1v) is 8.61. The largest absolute Gasteiger partial charge is 0.332 e. The highest BCUT2D eigenvalue weighted by Crippen LogP contribution is 2.23. The van der Waals surface area contributed by atoms with Crippen LogP contribution in [0.1, 0.15) is 22.3 Å². The van der Waals surface area contributed by atoms with Gasteiger partial charge < -0.3 is 4.90 Å². The highest BCUT2D eigenvalue weighted by Gasteiger charge is 2.18. The molecule has 0 saturated heterocycles. The molecule has 1 aromatic carbocycles. The molecule has 0 radical (unpaired) electrons. The van der Waals surface area contributed by atoms with E-state index in [-0.39, 0.29) is 11.7 Å². The Labute approximate surface area is 148 Å². The third-order valence-electron chi connectivity index (χ3n) is 3.53. The molecule has 0 unspecified atom stereocenters. The van der Waals surface area contributed by atoms with Crippen LogP contribution in [0.5, 0.6) is 0 Å². The minimum atomic E-state index is -0.347. The van der Waals surface area contributed by atoms with E-state index < -0.39 is 0 Å². The van der Waals surface area contributed by atoms with Crippen LogP contribution in [0.4, 0.5) is 4.39 Å². The third-order valence-corrected chi connectivity index (χ3v) is 4.74. The lowest BCUT2D eigenvalue weighted by Gasteiger charge is -2.18. The molecule has 7 heteroatoms. The molecule has 3 aromatic rings. The van der Waals surface area contributed by atoms with Crippen LogP contribution in [0.2, 0.25) is 4.34 Å². The first-order valence-electron chi connectivity index (χ1n) is 7.42. The highest BCUT2D eigenvalue weighted by molar-refractivity contribution is 7.16. The zero-order chi connectivity index (χ0) is 17.1. The number of benzene rings is 1. The fourth-order valence-corrected chi connectivity index (χ4v) is 3.42. The van der Waals surface area contributed by atoms with Crippen molar-refractivity contribution in [2.75, 3.05) is 6.54 Å². The Bertz CT molecular complexity index is 861. The second-order valence-electron chi connectivity index (χ2n) is 5.15. The molecule has 124 valence electrons. The Morgan fingerprint density at radius 2 is 2.17 bits per heavy atom. The van der Waals surface area contributed by atoms with Gasteiger partial charge in [-0.3, -0.25) is 4.79 Å². The zero-order valence-corrected chi connectivity index (χ0v) is 14.5. The predicted molar refractivity (Wildman–Crippen MR) is 93.3 cm³/mol. The fourth-order valence-electron chi connectivity index (χ4n) is 2.31. The summed E-state index contributed by atoms with van der Waals surface area (Å²) in [6.45, 7) is 2.96. The molecule has 24 heavy (non-hydrogen) atoms. The minimum Gasteiger partial charge on any atom is -0.332 e. The number of carbonyl (C=O) groups is 1. The fraction of sp³-hybridized carbons (Fsp3) is 0.176. The van der Waals surface area contributed by atoms with Gasteiger partial charge in [-0.05, 0) is 43.3 Å². The summed E-state index contributed by atoms with van der Waals surface area (Å²) < 4.78 is 15.5. The molecule has 1 amide bonds. The van der Waals surface area contributed by atoms with E-state index in [1.807, 2.05) is 19.1 Å². The van der Waals surface area contributed by atoms with Gasteiger partial charge in [0, 0.05) is 17.6 Å². The first-order chi connectivity index (χ1) is 11.6. The van der Waals surface area contributed by atoms with E-state index in [1.54, 1.807) is 29.3 Å². The van der Waals surface area contributed by atoms with Gasteiger partial charge in [0.1, 0.15) is 5.82 Å². The van der Waals surface area contributed by atoms with Crippen LogP contribution >= 0.6 is 22.9 Å². The Morgan fingerprint density at radius 3 is 2.83 bits per heavy atom. The Hall–Kier alpha value is -2.18. The van der Waals surface area contributed by atoms with Crippen molar-refractivity contribution in [3.63, 3.8) is 0 Å². The summed E-state index contributed by atoms with van der Waals surface area (Å²) in [6.07, 6.45) is 1.65. The molecule has 2 heterocycles. The number of halogens is 2. The molecule has 2 aromatic heterocycles. The van der Waals surface area contributed by atoms with Crippen molar-refractivity contribution in [1.29, 1.82) is 0 Å². The SMILES string of the molecule is CCN(Cc1ccc(Cl)s1)C(=O)c1ccn(-c2cccc(F)c2)n1. The van der Waals surface area contributed by atoms with E-state index in [0.29, 0.717) is 28.8 Å². The number of nitrogens with zero attached hydrogens (tertiary/aromatic N) is 3. The van der Waals surface area contributed by atoms with Crippen molar-refractivity contribution in [1.82, 2.24) is 14.7 Å². The summed E-state index contributed by atoms with van der Waals surface area (Å²) in [7, 11) is 0. The van der Waals surface area contributed by atoms with Crippen molar-refractivity contribution >= 4 is 28.8 Å². The van der Waals surface area contributed by atoms with Crippen LogP contribution in [-0.4, -0.2) is 27.1 Å². The van der Waals surface area contributed by atoms with Crippen LogP contribution in [-0.2, 0) is 6.54 Å². The van der Waals surface area contributed by atoms with Gasteiger partial charge in [0.25, 0.3) is 5.91 Å². The molecule has 3 rings (SSSR count). The van der Waals surface area contributed by atoms with Crippen molar-refractivity contribution in [2.45, 2.75) is 13.5 Å². The van der Waals surface area contributed by atoms with Crippen LogP contribution in [0, 0.1) is 5.82 Å². The van der Waals surface area contributed by atoms with Crippen molar-refractivity contribution in [3.05, 3.63) is 69.4 Å². The highest BCUT2D eigenvalue weighted by atomic mass is 35.5. The van der Waals surface area contributed by atoms with Gasteiger partial charge in [-0.15, -0.1) is 11.3 Å². The van der Waals surface area contributed by atoms with Crippen LogP contribution in [0.25, 0.3) is 5.69 Å². The predicted octanol–water partition coefficient (Wildman–Crippen LogP) is 4.39. The maximum Gasteiger partial charge on any atom is 0.274 e. The molecule has 0 fully saturated rings. The van der Waals surface area contributed by atoms with Crippen LogP contribution < -0.4 is 0 Å². The summed E-state index contributed by atoms with van der Waals surface area (Å²) in [5.74, 6) is -0.516. The Balaban J connectivity index is 1.79. The van der Waals surface area contributed by atoms with Crippen molar-refractivity contribution in [3.8, 4) is 5.69 Å². The summed E-state index contributed by atoms with van der Waals surface area (Å²) in [4.78, 5) is 15.4. The summed E-state index contributed by atoms with van der Waals surface area (Å²) in [6, 6.07) is 11.4. The maximum atomic E-state index is 13.3.